The van der Waals surface area contributed by atoms with Gasteiger partial charge in [0.05, 0.1) is 0 Å². The van der Waals surface area contributed by atoms with Crippen molar-refractivity contribution in [1.29, 1.82) is 0 Å². The summed E-state index contributed by atoms with van der Waals surface area (Å²) >= 11 is 0. The van der Waals surface area contributed by atoms with E-state index >= 15 is 0 Å². The van der Waals surface area contributed by atoms with Crippen LogP contribution >= 0.6 is 0 Å². The number of hydrogen-bond acceptors (Lipinski definition) is 2. The molecule has 0 atom stereocenters. The lowest BCUT2D eigenvalue weighted by molar-refractivity contribution is -0.470. The third kappa shape index (κ3) is 4.37. The highest BCUT2D eigenvalue weighted by molar-refractivity contribution is 6.37. The molecule has 0 aliphatic rings. The van der Waals surface area contributed by atoms with E-state index in [4.69, 9.17) is 10.8 Å². The van der Waals surface area contributed by atoms with Gasteiger partial charge in [0.1, 0.15) is 0 Å². The first-order valence-electron chi connectivity index (χ1n) is 3.08. The molecule has 0 heterocycles. The van der Waals surface area contributed by atoms with Crippen molar-refractivity contribution in [3.05, 3.63) is 12.3 Å². The second-order valence-corrected chi connectivity index (χ2v) is 1.85. The van der Waals surface area contributed by atoms with E-state index in [2.05, 4.69) is 0 Å². The minimum absolute atomic E-state index is 0.349. The molecular formula is C6H9F2N2O2+. The summed E-state index contributed by atoms with van der Waals surface area (Å²) in [6.45, 7) is -0.702. The normalized spacial score (nSPS) is 12.8. The van der Waals surface area contributed by atoms with Gasteiger partial charge in [-0.05, 0) is 0 Å². The van der Waals surface area contributed by atoms with Crippen molar-refractivity contribution >= 4 is 11.7 Å². The minimum Gasteiger partial charge on any atom is -0.473 e. The Kier molecular flexibility index (Phi) is 4.59. The standard InChI is InChI=1S/C6H8F2N2O2/c7-5(8)3-10-4(1-2-9)6(11)12/h1-2,5H,3,9H2,(H,11,12)/p+1. The monoisotopic (exact) mass is 179 g/mol. The summed E-state index contributed by atoms with van der Waals surface area (Å²) in [6.07, 6.45) is -0.627. The summed E-state index contributed by atoms with van der Waals surface area (Å²) in [7, 11) is 0. The highest BCUT2D eigenvalue weighted by Gasteiger charge is 2.13. The predicted molar refractivity (Wildman–Crippen MR) is 37.8 cm³/mol. The third-order valence-corrected chi connectivity index (χ3v) is 0.940. The Morgan fingerprint density at radius 2 is 2.25 bits per heavy atom. The van der Waals surface area contributed by atoms with Gasteiger partial charge in [-0.15, -0.1) is 0 Å². The number of aliphatic carboxylic acids is 1. The molecule has 0 unspecified atom stereocenters. The Bertz CT molecular complexity index is 214. The van der Waals surface area contributed by atoms with E-state index in [0.29, 0.717) is 0 Å². The molecule has 0 saturated heterocycles. The van der Waals surface area contributed by atoms with Crippen LogP contribution in [0.4, 0.5) is 8.78 Å². The number of halogens is 2. The Labute approximate surface area is 67.4 Å². The summed E-state index contributed by atoms with van der Waals surface area (Å²) < 4.78 is 23.1. The van der Waals surface area contributed by atoms with Crippen LogP contribution < -0.4 is 10.7 Å². The molecule has 0 radical (unpaired) electrons. The lowest BCUT2D eigenvalue weighted by Crippen LogP contribution is -2.76. The van der Waals surface area contributed by atoms with Crippen LogP contribution in [0.25, 0.3) is 0 Å². The molecule has 6 heteroatoms. The van der Waals surface area contributed by atoms with Crippen LogP contribution in [0.2, 0.25) is 0 Å². The maximum absolute atomic E-state index is 11.6. The van der Waals surface area contributed by atoms with E-state index in [1.165, 1.54) is 0 Å². The summed E-state index contributed by atoms with van der Waals surface area (Å²) in [4.78, 5) is 12.3. The number of rotatable bonds is 4. The van der Waals surface area contributed by atoms with Crippen molar-refractivity contribution in [2.24, 2.45) is 5.73 Å². The number of carboxylic acids is 1. The van der Waals surface area contributed by atoms with Gasteiger partial charge >= 0.3 is 5.97 Å². The molecule has 4 N–H and O–H groups in total. The van der Waals surface area contributed by atoms with E-state index in [1.807, 2.05) is 4.99 Å². The topological polar surface area (TPSA) is 77.3 Å². The highest BCUT2D eigenvalue weighted by atomic mass is 19.3. The number of hydrogen-bond donors (Lipinski definition) is 3. The molecule has 4 nitrogen and oxygen atoms in total. The summed E-state index contributed by atoms with van der Waals surface area (Å²) in [5, 5.41) is 8.37. The zero-order valence-electron chi connectivity index (χ0n) is 6.13. The van der Waals surface area contributed by atoms with E-state index < -0.39 is 18.9 Å². The van der Waals surface area contributed by atoms with E-state index in [0.717, 1.165) is 12.3 Å². The zero-order valence-corrected chi connectivity index (χ0v) is 6.13. The highest BCUT2D eigenvalue weighted by Crippen LogP contribution is 1.82. The lowest BCUT2D eigenvalue weighted by atomic mass is 10.3. The molecule has 0 spiro atoms. The van der Waals surface area contributed by atoms with Crippen molar-refractivity contribution < 1.29 is 23.7 Å². The van der Waals surface area contributed by atoms with Gasteiger partial charge < -0.3 is 10.8 Å². The first-order chi connectivity index (χ1) is 5.57. The molecule has 0 aromatic heterocycles. The van der Waals surface area contributed by atoms with Crippen LogP contribution in [0.3, 0.4) is 0 Å². The number of nitrogens with one attached hydrogen (secondary N) is 1. The smallest absolute Gasteiger partial charge is 0.400 e. The minimum atomic E-state index is -2.59. The zero-order chi connectivity index (χ0) is 9.56. The average Bonchev–Trinajstić information content (AvgIpc) is 1.96. The molecule has 0 amide bonds. The lowest BCUT2D eigenvalue weighted by Gasteiger charge is -1.88. The number of alkyl halides is 2. The second-order valence-electron chi connectivity index (χ2n) is 1.85. The Hall–Kier alpha value is -1.46. The Morgan fingerprint density at radius 3 is 2.58 bits per heavy atom. The van der Waals surface area contributed by atoms with Crippen LogP contribution in [0.5, 0.6) is 0 Å². The van der Waals surface area contributed by atoms with E-state index in [-0.39, 0.29) is 5.71 Å². The Morgan fingerprint density at radius 1 is 1.67 bits per heavy atom. The van der Waals surface area contributed by atoms with E-state index in [9.17, 15) is 13.6 Å². The molecule has 0 fully saturated rings. The largest absolute Gasteiger partial charge is 0.473 e. The number of carbonyl (C=O) groups is 1. The van der Waals surface area contributed by atoms with Crippen LogP contribution in [-0.4, -0.2) is 29.8 Å². The number of carboxylic acid groups (broad SMARTS) is 1. The number of nitrogens with two attached hydrogens (primary N) is 1. The van der Waals surface area contributed by atoms with E-state index in [1.54, 1.807) is 0 Å². The second kappa shape index (κ2) is 5.22. The summed E-state index contributed by atoms with van der Waals surface area (Å²) in [5.74, 6) is -1.32. The molecule has 0 rings (SSSR count). The van der Waals surface area contributed by atoms with Crippen LogP contribution in [0, 0.1) is 0 Å². The fourth-order valence-corrected chi connectivity index (χ4v) is 0.489. The molecule has 68 valence electrons. The maximum Gasteiger partial charge on any atom is 0.400 e. The van der Waals surface area contributed by atoms with Gasteiger partial charge in [0.25, 0.3) is 12.1 Å². The van der Waals surface area contributed by atoms with Crippen molar-refractivity contribution in [3.8, 4) is 0 Å². The van der Waals surface area contributed by atoms with Gasteiger partial charge in [-0.3, -0.25) is 0 Å². The van der Waals surface area contributed by atoms with Gasteiger partial charge in [-0.1, -0.05) is 0 Å². The molecule has 0 aliphatic carbocycles. The molecular weight excluding hydrogens is 170 g/mol. The summed E-state index contributed by atoms with van der Waals surface area (Å²) in [6, 6.07) is 0. The van der Waals surface area contributed by atoms with Crippen molar-refractivity contribution in [2.45, 2.75) is 6.43 Å². The first-order valence-corrected chi connectivity index (χ1v) is 3.08. The Balaban J connectivity index is 4.29. The predicted octanol–water partition coefficient (Wildman–Crippen LogP) is -1.67. The fraction of sp³-hybridized carbons (Fsp3) is 0.333. The van der Waals surface area contributed by atoms with Crippen LogP contribution in [0.1, 0.15) is 0 Å². The maximum atomic E-state index is 11.6. The molecule has 0 aromatic rings. The molecule has 0 aromatic carbocycles. The first kappa shape index (κ1) is 10.5. The average molecular weight is 179 g/mol. The molecule has 0 bridgehead atoms. The van der Waals surface area contributed by atoms with Gasteiger partial charge in [-0.25, -0.2) is 18.6 Å². The third-order valence-electron chi connectivity index (χ3n) is 0.940. The van der Waals surface area contributed by atoms with Gasteiger partial charge in [0.2, 0.25) is 6.54 Å². The van der Waals surface area contributed by atoms with Crippen LogP contribution in [0.15, 0.2) is 12.3 Å². The summed E-state index contributed by atoms with van der Waals surface area (Å²) in [5.41, 5.74) is 4.53. The van der Waals surface area contributed by atoms with Gasteiger partial charge in [-0.2, -0.15) is 0 Å². The fourth-order valence-electron chi connectivity index (χ4n) is 0.489. The van der Waals surface area contributed by atoms with Crippen molar-refractivity contribution in [1.82, 2.24) is 0 Å². The molecule has 0 saturated carbocycles. The SMILES string of the molecule is NC=CC(=[NH+]CC(F)F)C(=O)O. The van der Waals surface area contributed by atoms with Gasteiger partial charge in [0.15, 0.2) is 0 Å². The molecule has 12 heavy (non-hydrogen) atoms. The van der Waals surface area contributed by atoms with Gasteiger partial charge in [0, 0.05) is 12.3 Å². The van der Waals surface area contributed by atoms with Crippen molar-refractivity contribution in [2.75, 3.05) is 6.54 Å². The van der Waals surface area contributed by atoms with Crippen molar-refractivity contribution in [3.63, 3.8) is 0 Å². The quantitative estimate of drug-likeness (QED) is 0.451. The van der Waals surface area contributed by atoms with Crippen LogP contribution in [-0.2, 0) is 4.79 Å². The molecule has 0 aliphatic heterocycles.